The van der Waals surface area contributed by atoms with E-state index in [2.05, 4.69) is 19.2 Å². The Hall–Kier alpha value is -1.19. The van der Waals surface area contributed by atoms with Crippen molar-refractivity contribution in [3.05, 3.63) is 29.3 Å². The predicted octanol–water partition coefficient (Wildman–Crippen LogP) is 5.43. The molecule has 112 valence electrons. The monoisotopic (exact) mass is 285 g/mol. The smallest absolute Gasteiger partial charge is 0.384 e. The zero-order valence-corrected chi connectivity index (χ0v) is 12.1. The van der Waals surface area contributed by atoms with Gasteiger partial charge >= 0.3 is 6.18 Å². The maximum atomic E-state index is 13.0. The fraction of sp³-hybridized carbons (Fsp3) is 0.625. The average molecular weight is 285 g/mol. The Labute approximate surface area is 118 Å². The summed E-state index contributed by atoms with van der Waals surface area (Å²) in [4.78, 5) is 0. The van der Waals surface area contributed by atoms with Crippen LogP contribution in [0.4, 0.5) is 18.9 Å². The third kappa shape index (κ3) is 3.10. The fourth-order valence-electron chi connectivity index (χ4n) is 3.06. The summed E-state index contributed by atoms with van der Waals surface area (Å²) in [6.45, 7) is 4.93. The van der Waals surface area contributed by atoms with Crippen LogP contribution in [0.3, 0.4) is 0 Å². The molecule has 0 fully saturated rings. The summed E-state index contributed by atoms with van der Waals surface area (Å²) in [5.41, 5.74) is 0.606. The summed E-state index contributed by atoms with van der Waals surface area (Å²) in [6, 6.07) is 4.53. The van der Waals surface area contributed by atoms with Crippen LogP contribution in [0.1, 0.15) is 56.6 Å². The highest BCUT2D eigenvalue weighted by Crippen LogP contribution is 2.44. The molecule has 4 heteroatoms. The van der Waals surface area contributed by atoms with Crippen LogP contribution in [-0.2, 0) is 6.18 Å². The maximum Gasteiger partial charge on any atom is 0.418 e. The van der Waals surface area contributed by atoms with Crippen molar-refractivity contribution in [1.82, 2.24) is 0 Å². The average Bonchev–Trinajstić information content (AvgIpc) is 2.81. The van der Waals surface area contributed by atoms with Gasteiger partial charge in [0.25, 0.3) is 0 Å². The minimum absolute atomic E-state index is 0.198. The third-order valence-corrected chi connectivity index (χ3v) is 4.25. The molecule has 0 saturated heterocycles. The van der Waals surface area contributed by atoms with Crippen LogP contribution >= 0.6 is 0 Å². The second-order valence-corrected chi connectivity index (χ2v) is 5.73. The summed E-state index contributed by atoms with van der Waals surface area (Å²) in [5, 5.41) is 2.98. The Morgan fingerprint density at radius 2 is 2.05 bits per heavy atom. The lowest BCUT2D eigenvalue weighted by Crippen LogP contribution is -2.12. The molecule has 1 N–H and O–H groups in total. The number of rotatable bonds is 5. The molecular weight excluding hydrogens is 263 g/mol. The summed E-state index contributed by atoms with van der Waals surface area (Å²) in [6.07, 6.45) is 0.321. The van der Waals surface area contributed by atoms with Gasteiger partial charge in [0.05, 0.1) is 5.56 Å². The lowest BCUT2D eigenvalue weighted by atomic mass is 9.85. The van der Waals surface area contributed by atoms with Gasteiger partial charge in [-0.1, -0.05) is 51.7 Å². The SMILES string of the molecule is CCCCCC(C)C1CNc2c1cccc2C(F)(F)F. The first kappa shape index (κ1) is 15.2. The number of anilines is 1. The minimum atomic E-state index is -4.28. The molecule has 1 aliphatic rings. The van der Waals surface area contributed by atoms with E-state index in [9.17, 15) is 13.2 Å². The van der Waals surface area contributed by atoms with E-state index in [1.165, 1.54) is 18.9 Å². The van der Waals surface area contributed by atoms with Crippen LogP contribution in [0.2, 0.25) is 0 Å². The Kier molecular flexibility index (Phi) is 4.61. The van der Waals surface area contributed by atoms with Crippen molar-refractivity contribution in [2.75, 3.05) is 11.9 Å². The molecule has 2 rings (SSSR count). The molecule has 1 aromatic carbocycles. The number of fused-ring (bicyclic) bond motifs is 1. The zero-order valence-electron chi connectivity index (χ0n) is 12.1. The van der Waals surface area contributed by atoms with Gasteiger partial charge in [-0.25, -0.2) is 0 Å². The second-order valence-electron chi connectivity index (χ2n) is 5.73. The molecule has 0 spiro atoms. The van der Waals surface area contributed by atoms with E-state index in [1.807, 2.05) is 6.07 Å². The summed E-state index contributed by atoms with van der Waals surface area (Å²) >= 11 is 0. The quantitative estimate of drug-likeness (QED) is 0.711. The van der Waals surface area contributed by atoms with Crippen molar-refractivity contribution < 1.29 is 13.2 Å². The molecule has 20 heavy (non-hydrogen) atoms. The third-order valence-electron chi connectivity index (χ3n) is 4.25. The van der Waals surface area contributed by atoms with Crippen molar-refractivity contribution >= 4 is 5.69 Å². The molecule has 0 aliphatic carbocycles. The molecule has 0 aromatic heterocycles. The molecule has 0 radical (unpaired) electrons. The van der Waals surface area contributed by atoms with E-state index in [4.69, 9.17) is 0 Å². The van der Waals surface area contributed by atoms with E-state index in [0.29, 0.717) is 18.2 Å². The van der Waals surface area contributed by atoms with E-state index >= 15 is 0 Å². The molecule has 1 nitrogen and oxygen atoms in total. The van der Waals surface area contributed by atoms with Gasteiger partial charge in [0.15, 0.2) is 0 Å². The highest BCUT2D eigenvalue weighted by molar-refractivity contribution is 5.64. The van der Waals surface area contributed by atoms with Gasteiger partial charge in [0.2, 0.25) is 0 Å². The van der Waals surface area contributed by atoms with Crippen LogP contribution in [0.5, 0.6) is 0 Å². The topological polar surface area (TPSA) is 12.0 Å². The number of nitrogens with one attached hydrogen (secondary N) is 1. The Bertz CT molecular complexity index is 454. The largest absolute Gasteiger partial charge is 0.418 e. The first-order valence-electron chi connectivity index (χ1n) is 7.39. The molecule has 2 unspecified atom stereocenters. The summed E-state index contributed by atoms with van der Waals surface area (Å²) < 4.78 is 38.9. The Morgan fingerprint density at radius 3 is 2.70 bits per heavy atom. The number of unbranched alkanes of at least 4 members (excludes halogenated alkanes) is 2. The zero-order chi connectivity index (χ0) is 14.8. The molecule has 0 amide bonds. The van der Waals surface area contributed by atoms with Crippen molar-refractivity contribution in [2.24, 2.45) is 5.92 Å². The molecular formula is C16H22F3N. The van der Waals surface area contributed by atoms with Gasteiger partial charge in [-0.3, -0.25) is 0 Å². The van der Waals surface area contributed by atoms with E-state index < -0.39 is 11.7 Å². The van der Waals surface area contributed by atoms with Gasteiger partial charge in [-0.2, -0.15) is 13.2 Å². The summed E-state index contributed by atoms with van der Waals surface area (Å²) in [5.74, 6) is 0.614. The van der Waals surface area contributed by atoms with Crippen LogP contribution in [-0.4, -0.2) is 6.54 Å². The number of para-hydroxylation sites is 1. The lowest BCUT2D eigenvalue weighted by molar-refractivity contribution is -0.136. The van der Waals surface area contributed by atoms with E-state index in [1.54, 1.807) is 0 Å². The fourth-order valence-corrected chi connectivity index (χ4v) is 3.06. The van der Waals surface area contributed by atoms with Gasteiger partial charge in [0.1, 0.15) is 0 Å². The number of benzene rings is 1. The Morgan fingerprint density at radius 1 is 1.30 bits per heavy atom. The highest BCUT2D eigenvalue weighted by atomic mass is 19.4. The normalized spacial score (nSPS) is 19.6. The Balaban J connectivity index is 2.17. The molecule has 1 aromatic rings. The summed E-state index contributed by atoms with van der Waals surface area (Å²) in [7, 11) is 0. The molecule has 1 heterocycles. The van der Waals surface area contributed by atoms with Crippen molar-refractivity contribution in [3.63, 3.8) is 0 Å². The van der Waals surface area contributed by atoms with Gasteiger partial charge in [-0.15, -0.1) is 0 Å². The van der Waals surface area contributed by atoms with Crippen molar-refractivity contribution in [1.29, 1.82) is 0 Å². The van der Waals surface area contributed by atoms with Crippen LogP contribution in [0, 0.1) is 5.92 Å². The van der Waals surface area contributed by atoms with Gasteiger partial charge in [-0.05, 0) is 17.5 Å². The first-order valence-corrected chi connectivity index (χ1v) is 7.39. The van der Waals surface area contributed by atoms with E-state index in [0.717, 1.165) is 24.5 Å². The standard InChI is InChI=1S/C16H22F3N/c1-3-4-5-7-11(2)13-10-20-15-12(13)8-6-9-14(15)16(17,18)19/h6,8-9,11,13,20H,3-5,7,10H2,1-2H3. The lowest BCUT2D eigenvalue weighted by Gasteiger charge is -2.19. The molecule has 1 aliphatic heterocycles. The van der Waals surface area contributed by atoms with Gasteiger partial charge in [0, 0.05) is 18.2 Å². The molecule has 0 bridgehead atoms. The van der Waals surface area contributed by atoms with Gasteiger partial charge < -0.3 is 5.32 Å². The maximum absolute atomic E-state index is 13.0. The van der Waals surface area contributed by atoms with Crippen LogP contribution in [0.25, 0.3) is 0 Å². The number of alkyl halides is 3. The number of halogens is 3. The van der Waals surface area contributed by atoms with E-state index in [-0.39, 0.29) is 5.92 Å². The highest BCUT2D eigenvalue weighted by Gasteiger charge is 2.38. The van der Waals surface area contributed by atoms with Crippen molar-refractivity contribution in [2.45, 2.75) is 51.6 Å². The van der Waals surface area contributed by atoms with Crippen LogP contribution in [0.15, 0.2) is 18.2 Å². The van der Waals surface area contributed by atoms with Crippen molar-refractivity contribution in [3.8, 4) is 0 Å². The minimum Gasteiger partial charge on any atom is -0.384 e. The molecule has 0 saturated carbocycles. The first-order chi connectivity index (χ1) is 9.45. The van der Waals surface area contributed by atoms with Crippen LogP contribution < -0.4 is 5.32 Å². The predicted molar refractivity (Wildman–Crippen MR) is 76.0 cm³/mol. The number of hydrogen-bond acceptors (Lipinski definition) is 1. The molecule has 2 atom stereocenters. The second kappa shape index (κ2) is 6.06. The number of hydrogen-bond donors (Lipinski definition) is 1.